The summed E-state index contributed by atoms with van der Waals surface area (Å²) in [6, 6.07) is 5.29. The largest absolute Gasteiger partial charge is 0.479 e. The lowest BCUT2D eigenvalue weighted by molar-refractivity contribution is -0.142. The minimum absolute atomic E-state index is 0.138. The van der Waals surface area contributed by atoms with Gasteiger partial charge in [0, 0.05) is 9.75 Å². The Bertz CT molecular complexity index is 819. The van der Waals surface area contributed by atoms with Crippen molar-refractivity contribution in [1.82, 2.24) is 9.96 Å². The minimum atomic E-state index is -1.14. The molecular formula is C15H11FN2O4S. The van der Waals surface area contributed by atoms with Crippen LogP contribution >= 0.6 is 11.3 Å². The number of thiophene rings is 1. The van der Waals surface area contributed by atoms with Crippen LogP contribution in [0.5, 0.6) is 0 Å². The first-order chi connectivity index (χ1) is 11.0. The molecule has 1 saturated heterocycles. The number of fused-ring (bicyclic) bond motifs is 4. The normalized spacial score (nSPS) is 22.4. The zero-order chi connectivity index (χ0) is 16.3. The molecule has 2 aliphatic rings. The van der Waals surface area contributed by atoms with Gasteiger partial charge >= 0.3 is 12.0 Å². The highest BCUT2D eigenvalue weighted by Gasteiger charge is 2.51. The molecule has 2 N–H and O–H groups in total. The summed E-state index contributed by atoms with van der Waals surface area (Å²) in [5, 5.41) is 20.0. The Labute approximate surface area is 133 Å². The minimum Gasteiger partial charge on any atom is -0.479 e. The second kappa shape index (κ2) is 4.77. The van der Waals surface area contributed by atoms with E-state index < -0.39 is 24.1 Å². The molecule has 0 spiro atoms. The number of hydrogen-bond acceptors (Lipinski definition) is 4. The summed E-state index contributed by atoms with van der Waals surface area (Å²) in [4.78, 5) is 26.0. The number of rotatable bonds is 2. The third-order valence-corrected chi connectivity index (χ3v) is 5.43. The summed E-state index contributed by atoms with van der Waals surface area (Å²) < 4.78 is 13.1. The molecule has 118 valence electrons. The van der Waals surface area contributed by atoms with E-state index in [9.17, 15) is 24.3 Å². The van der Waals surface area contributed by atoms with E-state index in [2.05, 4.69) is 0 Å². The summed E-state index contributed by atoms with van der Waals surface area (Å²) in [5.41, 5.74) is 1.39. The highest BCUT2D eigenvalue weighted by molar-refractivity contribution is 7.15. The Kier molecular flexibility index (Phi) is 2.94. The van der Waals surface area contributed by atoms with Gasteiger partial charge in [-0.2, -0.15) is 5.06 Å². The number of hydroxylamine groups is 2. The number of carboxylic acid groups (broad SMARTS) is 1. The van der Waals surface area contributed by atoms with Crippen molar-refractivity contribution in [1.29, 1.82) is 0 Å². The van der Waals surface area contributed by atoms with Crippen LogP contribution in [-0.2, 0) is 4.79 Å². The average Bonchev–Trinajstić information content (AvgIpc) is 3.05. The summed E-state index contributed by atoms with van der Waals surface area (Å²) in [5.74, 6) is -1.49. The summed E-state index contributed by atoms with van der Waals surface area (Å²) >= 11 is 1.25. The maximum atomic E-state index is 13.1. The van der Waals surface area contributed by atoms with Crippen molar-refractivity contribution < 1.29 is 24.3 Å². The van der Waals surface area contributed by atoms with E-state index in [1.165, 1.54) is 23.5 Å². The molecule has 1 aromatic carbocycles. The number of nitrogens with zero attached hydrogens (tertiary/aromatic N) is 2. The van der Waals surface area contributed by atoms with E-state index in [0.717, 1.165) is 15.3 Å². The van der Waals surface area contributed by atoms with Crippen LogP contribution in [0.15, 0.2) is 30.3 Å². The Hall–Kier alpha value is -2.45. The first kappa shape index (κ1) is 14.2. The van der Waals surface area contributed by atoms with E-state index in [0.29, 0.717) is 15.5 Å². The number of carbonyl (C=O) groups is 2. The molecule has 0 unspecified atom stereocenters. The Morgan fingerprint density at radius 3 is 2.65 bits per heavy atom. The number of aliphatic carboxylic acids is 1. The quantitative estimate of drug-likeness (QED) is 0.828. The smallest absolute Gasteiger partial charge is 0.345 e. The summed E-state index contributed by atoms with van der Waals surface area (Å²) in [7, 11) is 0. The molecular weight excluding hydrogens is 323 g/mol. The fourth-order valence-corrected chi connectivity index (χ4v) is 4.42. The van der Waals surface area contributed by atoms with Gasteiger partial charge in [-0.15, -0.1) is 11.3 Å². The van der Waals surface area contributed by atoms with Gasteiger partial charge in [0.05, 0.1) is 6.54 Å². The third-order valence-electron chi connectivity index (χ3n) is 4.18. The van der Waals surface area contributed by atoms with E-state index in [1.807, 2.05) is 0 Å². The predicted molar refractivity (Wildman–Crippen MR) is 78.6 cm³/mol. The number of urea groups is 1. The molecule has 6 nitrogen and oxygen atoms in total. The van der Waals surface area contributed by atoms with Crippen molar-refractivity contribution in [3.63, 3.8) is 0 Å². The van der Waals surface area contributed by atoms with Gasteiger partial charge in [-0.1, -0.05) is 12.1 Å². The van der Waals surface area contributed by atoms with Gasteiger partial charge in [0.25, 0.3) is 0 Å². The van der Waals surface area contributed by atoms with Crippen LogP contribution in [0.3, 0.4) is 0 Å². The molecule has 8 heteroatoms. The maximum Gasteiger partial charge on any atom is 0.345 e. The predicted octanol–water partition coefficient (Wildman–Crippen LogP) is 2.86. The fourth-order valence-electron chi connectivity index (χ4n) is 3.09. The van der Waals surface area contributed by atoms with Gasteiger partial charge < -0.3 is 10.0 Å². The number of hydrogen-bond donors (Lipinski definition) is 2. The zero-order valence-electron chi connectivity index (χ0n) is 11.6. The van der Waals surface area contributed by atoms with E-state index >= 15 is 0 Å². The average molecular weight is 334 g/mol. The van der Waals surface area contributed by atoms with Crippen LogP contribution in [0.25, 0.3) is 10.4 Å². The van der Waals surface area contributed by atoms with E-state index in [-0.39, 0.29) is 12.4 Å². The molecule has 4 rings (SSSR count). The van der Waals surface area contributed by atoms with Crippen molar-refractivity contribution in [3.05, 3.63) is 46.6 Å². The molecule has 2 aromatic rings. The van der Waals surface area contributed by atoms with Crippen molar-refractivity contribution >= 4 is 23.3 Å². The van der Waals surface area contributed by atoms with Crippen molar-refractivity contribution in [3.8, 4) is 10.4 Å². The van der Waals surface area contributed by atoms with Gasteiger partial charge in [0.1, 0.15) is 11.9 Å². The number of amides is 2. The van der Waals surface area contributed by atoms with Crippen LogP contribution in [0, 0.1) is 5.82 Å². The van der Waals surface area contributed by atoms with Gasteiger partial charge in [-0.05, 0) is 29.3 Å². The van der Waals surface area contributed by atoms with Gasteiger partial charge in [-0.25, -0.2) is 14.0 Å². The lowest BCUT2D eigenvalue weighted by Gasteiger charge is -2.27. The molecule has 1 fully saturated rings. The van der Waals surface area contributed by atoms with E-state index in [1.54, 1.807) is 18.2 Å². The topological polar surface area (TPSA) is 81.1 Å². The Morgan fingerprint density at radius 1 is 1.30 bits per heavy atom. The monoisotopic (exact) mass is 334 g/mol. The Balaban J connectivity index is 1.85. The second-order valence-electron chi connectivity index (χ2n) is 5.47. The molecule has 3 heterocycles. The Morgan fingerprint density at radius 2 is 2.00 bits per heavy atom. The van der Waals surface area contributed by atoms with Crippen LogP contribution in [0.4, 0.5) is 9.18 Å². The molecule has 2 aliphatic heterocycles. The third kappa shape index (κ3) is 1.95. The fraction of sp³-hybridized carbons (Fsp3) is 0.200. The molecule has 0 saturated carbocycles. The standard InChI is InChI=1S/C15H11FN2O4S/c16-8-3-1-7(2-4-8)11-5-9-10-6-17(15(21)18(10)22)12(14(19)20)13(9)23-11/h1-5,10,12,22H,6H2,(H,19,20)/t10-,12-/m0/s1. The maximum absolute atomic E-state index is 13.1. The van der Waals surface area contributed by atoms with Gasteiger partial charge in [0.2, 0.25) is 0 Å². The SMILES string of the molecule is O=C(O)[C@@H]1c2sc(-c3ccc(F)cc3)cc2[C@@H]2CN1C(=O)N2O. The van der Waals surface area contributed by atoms with Gasteiger partial charge in [-0.3, -0.25) is 5.21 Å². The van der Waals surface area contributed by atoms with Crippen LogP contribution < -0.4 is 0 Å². The van der Waals surface area contributed by atoms with Crippen LogP contribution in [-0.4, -0.2) is 38.8 Å². The highest BCUT2D eigenvalue weighted by Crippen LogP contribution is 2.48. The molecule has 2 atom stereocenters. The molecule has 0 radical (unpaired) electrons. The molecule has 2 amide bonds. The number of carboxylic acids is 1. The summed E-state index contributed by atoms with van der Waals surface area (Å²) in [6.45, 7) is 0.138. The summed E-state index contributed by atoms with van der Waals surface area (Å²) in [6.07, 6.45) is 0. The van der Waals surface area contributed by atoms with Crippen molar-refractivity contribution in [2.24, 2.45) is 0 Å². The first-order valence-electron chi connectivity index (χ1n) is 6.88. The second-order valence-corrected chi connectivity index (χ2v) is 6.56. The van der Waals surface area contributed by atoms with Crippen LogP contribution in [0.1, 0.15) is 22.5 Å². The lowest BCUT2D eigenvalue weighted by Crippen LogP contribution is -2.37. The van der Waals surface area contributed by atoms with Crippen LogP contribution in [0.2, 0.25) is 0 Å². The van der Waals surface area contributed by atoms with Crippen molar-refractivity contribution in [2.75, 3.05) is 6.54 Å². The zero-order valence-corrected chi connectivity index (χ0v) is 12.5. The highest BCUT2D eigenvalue weighted by atomic mass is 32.1. The molecule has 0 aliphatic carbocycles. The number of carbonyl (C=O) groups excluding carboxylic acids is 1. The van der Waals surface area contributed by atoms with E-state index in [4.69, 9.17) is 0 Å². The molecule has 23 heavy (non-hydrogen) atoms. The van der Waals surface area contributed by atoms with Crippen molar-refractivity contribution in [2.45, 2.75) is 12.1 Å². The molecule has 1 aromatic heterocycles. The lowest BCUT2D eigenvalue weighted by atomic mass is 9.98. The number of halogens is 1. The van der Waals surface area contributed by atoms with Gasteiger partial charge in [0.15, 0.2) is 6.04 Å². The number of benzene rings is 1. The first-order valence-corrected chi connectivity index (χ1v) is 7.70. The molecule has 2 bridgehead atoms.